The average Bonchev–Trinajstić information content (AvgIpc) is 2.69. The fourth-order valence-corrected chi connectivity index (χ4v) is 3.45. The molecule has 0 spiro atoms. The van der Waals surface area contributed by atoms with Crippen LogP contribution >= 0.6 is 22.6 Å². The van der Waals surface area contributed by atoms with E-state index in [2.05, 4.69) is 54.0 Å². The molecule has 0 bridgehead atoms. The lowest BCUT2D eigenvalue weighted by molar-refractivity contribution is 0.101. The molecule has 2 amide bonds. The molecule has 5 heteroatoms. The normalized spacial score (nSPS) is 11.1. The Bertz CT molecular complexity index is 1080. The van der Waals surface area contributed by atoms with E-state index >= 15 is 0 Å². The van der Waals surface area contributed by atoms with Gasteiger partial charge in [-0.1, -0.05) is 45.0 Å². The lowest BCUT2D eigenvalue weighted by Crippen LogP contribution is -2.15. The zero-order valence-electron chi connectivity index (χ0n) is 17.5. The molecule has 0 radical (unpaired) electrons. The molecular weight excluding hydrogens is 487 g/mol. The van der Waals surface area contributed by atoms with E-state index in [0.717, 1.165) is 9.13 Å². The minimum atomic E-state index is -0.188. The summed E-state index contributed by atoms with van der Waals surface area (Å²) < 4.78 is 1.04. The molecule has 154 valence electrons. The Hall–Kier alpha value is -2.67. The number of aryl methyl sites for hydroxylation is 1. The smallest absolute Gasteiger partial charge is 0.255 e. The third-order valence-electron chi connectivity index (χ3n) is 4.83. The number of anilines is 2. The lowest BCUT2D eigenvalue weighted by Gasteiger charge is -2.19. The van der Waals surface area contributed by atoms with Gasteiger partial charge in [0, 0.05) is 26.1 Å². The van der Waals surface area contributed by atoms with Crippen LogP contribution in [0.1, 0.15) is 52.6 Å². The van der Waals surface area contributed by atoms with Crippen molar-refractivity contribution in [2.45, 2.75) is 33.1 Å². The van der Waals surface area contributed by atoms with Crippen molar-refractivity contribution < 1.29 is 9.59 Å². The van der Waals surface area contributed by atoms with Gasteiger partial charge in [0.1, 0.15) is 0 Å². The van der Waals surface area contributed by atoms with Crippen LogP contribution in [0, 0.1) is 10.5 Å². The van der Waals surface area contributed by atoms with Crippen molar-refractivity contribution in [1.82, 2.24) is 0 Å². The van der Waals surface area contributed by atoms with E-state index in [4.69, 9.17) is 0 Å². The van der Waals surface area contributed by atoms with Crippen LogP contribution in [0.2, 0.25) is 0 Å². The van der Waals surface area contributed by atoms with Crippen LogP contribution in [0.15, 0.2) is 66.7 Å². The fourth-order valence-electron chi connectivity index (χ4n) is 2.94. The van der Waals surface area contributed by atoms with Gasteiger partial charge in [-0.3, -0.25) is 9.59 Å². The molecule has 0 aliphatic rings. The average molecular weight is 512 g/mol. The molecule has 4 nitrogen and oxygen atoms in total. The molecule has 0 aliphatic heterocycles. The van der Waals surface area contributed by atoms with E-state index in [1.54, 1.807) is 30.3 Å². The van der Waals surface area contributed by atoms with E-state index in [0.29, 0.717) is 22.5 Å². The molecule has 30 heavy (non-hydrogen) atoms. The van der Waals surface area contributed by atoms with Gasteiger partial charge in [-0.15, -0.1) is 0 Å². The summed E-state index contributed by atoms with van der Waals surface area (Å²) in [5.41, 5.74) is 4.77. The maximum Gasteiger partial charge on any atom is 0.255 e. The van der Waals surface area contributed by atoms with Gasteiger partial charge in [0.2, 0.25) is 0 Å². The molecule has 3 aromatic rings. The first-order valence-corrected chi connectivity index (χ1v) is 10.8. The summed E-state index contributed by atoms with van der Waals surface area (Å²) in [5.74, 6) is -0.374. The quantitative estimate of drug-likeness (QED) is 0.398. The molecule has 0 heterocycles. The fraction of sp³-hybridized carbons (Fsp3) is 0.200. The van der Waals surface area contributed by atoms with Gasteiger partial charge in [0.25, 0.3) is 11.8 Å². The molecule has 3 aromatic carbocycles. The molecule has 0 aromatic heterocycles. The topological polar surface area (TPSA) is 58.2 Å². The van der Waals surface area contributed by atoms with Gasteiger partial charge in [0.05, 0.1) is 0 Å². The first kappa shape index (κ1) is 22.0. The van der Waals surface area contributed by atoms with E-state index in [1.807, 2.05) is 43.3 Å². The van der Waals surface area contributed by atoms with Crippen molar-refractivity contribution in [2.75, 3.05) is 10.6 Å². The molecule has 3 rings (SSSR count). The highest BCUT2D eigenvalue weighted by molar-refractivity contribution is 14.1. The SMILES string of the molecule is Cc1ccc(C(=O)Nc2cccc(NC(=O)c3ccc(C(C)(C)C)cc3)c2)cc1I. The molecule has 0 saturated heterocycles. The van der Waals surface area contributed by atoms with Crippen molar-refractivity contribution >= 4 is 45.8 Å². The van der Waals surface area contributed by atoms with Crippen LogP contribution in [-0.2, 0) is 5.41 Å². The largest absolute Gasteiger partial charge is 0.322 e. The number of nitrogens with one attached hydrogen (secondary N) is 2. The van der Waals surface area contributed by atoms with Crippen molar-refractivity contribution in [3.8, 4) is 0 Å². The van der Waals surface area contributed by atoms with Crippen LogP contribution in [0.3, 0.4) is 0 Å². The number of amides is 2. The minimum absolute atomic E-state index is 0.0388. The van der Waals surface area contributed by atoms with Gasteiger partial charge in [-0.2, -0.15) is 0 Å². The Morgan fingerprint density at radius 1 is 0.767 bits per heavy atom. The van der Waals surface area contributed by atoms with Gasteiger partial charge in [-0.25, -0.2) is 0 Å². The highest BCUT2D eigenvalue weighted by Crippen LogP contribution is 2.23. The number of rotatable bonds is 4. The van der Waals surface area contributed by atoms with Crippen molar-refractivity contribution in [3.05, 3.63) is 92.6 Å². The summed E-state index contributed by atoms with van der Waals surface area (Å²) in [4.78, 5) is 25.1. The van der Waals surface area contributed by atoms with E-state index in [1.165, 1.54) is 5.56 Å². The van der Waals surface area contributed by atoms with Crippen LogP contribution in [0.25, 0.3) is 0 Å². The number of carbonyl (C=O) groups excluding carboxylic acids is 2. The monoisotopic (exact) mass is 512 g/mol. The zero-order chi connectivity index (χ0) is 21.9. The van der Waals surface area contributed by atoms with Crippen LogP contribution in [0.4, 0.5) is 11.4 Å². The summed E-state index contributed by atoms with van der Waals surface area (Å²) >= 11 is 2.22. The maximum absolute atomic E-state index is 12.6. The van der Waals surface area contributed by atoms with Gasteiger partial charge >= 0.3 is 0 Å². The van der Waals surface area contributed by atoms with Gasteiger partial charge in [-0.05, 0) is 88.5 Å². The molecule has 0 fully saturated rings. The standard InChI is InChI=1S/C25H25IN2O2/c1-16-8-9-18(14-22(16)26)24(30)28-21-7-5-6-20(15-21)27-23(29)17-10-12-19(13-11-17)25(2,3)4/h5-15H,1-4H3,(H,27,29)(H,28,30). The predicted octanol–water partition coefficient (Wildman–Crippen LogP) is 6.40. The second kappa shape index (κ2) is 9.00. The number of benzene rings is 3. The molecule has 2 N–H and O–H groups in total. The summed E-state index contributed by atoms with van der Waals surface area (Å²) in [5, 5.41) is 5.78. The Labute approximate surface area is 191 Å². The minimum Gasteiger partial charge on any atom is -0.322 e. The highest BCUT2D eigenvalue weighted by atomic mass is 127. The van der Waals surface area contributed by atoms with Gasteiger partial charge < -0.3 is 10.6 Å². The third kappa shape index (κ3) is 5.48. The maximum atomic E-state index is 12.6. The highest BCUT2D eigenvalue weighted by Gasteiger charge is 2.14. The van der Waals surface area contributed by atoms with Crippen molar-refractivity contribution in [1.29, 1.82) is 0 Å². The van der Waals surface area contributed by atoms with E-state index in [-0.39, 0.29) is 17.2 Å². The zero-order valence-corrected chi connectivity index (χ0v) is 19.7. The summed E-state index contributed by atoms with van der Waals surface area (Å²) in [6.07, 6.45) is 0. The Morgan fingerprint density at radius 2 is 1.30 bits per heavy atom. The van der Waals surface area contributed by atoms with Crippen molar-refractivity contribution in [2.24, 2.45) is 0 Å². The Morgan fingerprint density at radius 3 is 1.83 bits per heavy atom. The number of hydrogen-bond donors (Lipinski definition) is 2. The van der Waals surface area contributed by atoms with Crippen molar-refractivity contribution in [3.63, 3.8) is 0 Å². The molecule has 0 atom stereocenters. The molecule has 0 aliphatic carbocycles. The third-order valence-corrected chi connectivity index (χ3v) is 5.99. The summed E-state index contributed by atoms with van der Waals surface area (Å²) in [7, 11) is 0. The number of hydrogen-bond acceptors (Lipinski definition) is 2. The summed E-state index contributed by atoms with van der Waals surface area (Å²) in [6, 6.07) is 20.4. The first-order valence-electron chi connectivity index (χ1n) is 9.73. The number of carbonyl (C=O) groups is 2. The first-order chi connectivity index (χ1) is 14.1. The van der Waals surface area contributed by atoms with Crippen LogP contribution in [0.5, 0.6) is 0 Å². The van der Waals surface area contributed by atoms with E-state index in [9.17, 15) is 9.59 Å². The lowest BCUT2D eigenvalue weighted by atomic mass is 9.87. The Balaban J connectivity index is 1.69. The van der Waals surface area contributed by atoms with Crippen LogP contribution in [-0.4, -0.2) is 11.8 Å². The Kier molecular flexibility index (Phi) is 6.61. The molecular formula is C25H25IN2O2. The predicted molar refractivity (Wildman–Crippen MR) is 131 cm³/mol. The molecule has 0 unspecified atom stereocenters. The second-order valence-electron chi connectivity index (χ2n) is 8.28. The number of halogens is 1. The molecule has 0 saturated carbocycles. The van der Waals surface area contributed by atoms with E-state index < -0.39 is 0 Å². The summed E-state index contributed by atoms with van der Waals surface area (Å²) in [6.45, 7) is 8.42. The van der Waals surface area contributed by atoms with Gasteiger partial charge in [0.15, 0.2) is 0 Å². The van der Waals surface area contributed by atoms with Crippen LogP contribution < -0.4 is 10.6 Å². The second-order valence-corrected chi connectivity index (χ2v) is 9.44.